The Hall–Kier alpha value is -1.38. The van der Waals surface area contributed by atoms with Gasteiger partial charge in [-0.3, -0.25) is 0 Å². The second-order valence-corrected chi connectivity index (χ2v) is 6.63. The molecule has 150 valence electrons. The molecule has 27 heavy (non-hydrogen) atoms. The molecule has 2 aromatic carbocycles. The molecule has 0 heterocycles. The lowest BCUT2D eigenvalue weighted by Gasteiger charge is -1.99. The monoisotopic (exact) mass is 403 g/mol. The molecule has 0 atom stereocenters. The van der Waals surface area contributed by atoms with Crippen LogP contribution in [0.15, 0.2) is 93.1 Å². The molecule has 0 saturated heterocycles. The number of hydrogen-bond acceptors (Lipinski definition) is 1. The van der Waals surface area contributed by atoms with Gasteiger partial charge in [0.2, 0.25) is 0 Å². The lowest BCUT2D eigenvalue weighted by molar-refractivity contribution is 1.12. The summed E-state index contributed by atoms with van der Waals surface area (Å²) in [5.74, 6) is 0. The minimum atomic E-state index is 1.11. The Balaban J connectivity index is 0. The van der Waals surface area contributed by atoms with Gasteiger partial charge in [0.1, 0.15) is 4.90 Å². The van der Waals surface area contributed by atoms with Gasteiger partial charge in [-0.2, -0.15) is 0 Å². The normalized spacial score (nSPS) is 10.9. The highest BCUT2D eigenvalue weighted by Crippen LogP contribution is 2.27. The van der Waals surface area contributed by atoms with E-state index < -0.39 is 0 Å². The zero-order valence-electron chi connectivity index (χ0n) is 18.3. The summed E-state index contributed by atoms with van der Waals surface area (Å²) in [6.45, 7) is 14.2. The molecule has 0 amide bonds. The SMILES string of the molecule is CC.CC.CC.CC1=CCC=CC1.[SH2+]c1ccc(Sc2ccccc2)cc1. The van der Waals surface area contributed by atoms with E-state index in [1.54, 1.807) is 11.8 Å². The van der Waals surface area contributed by atoms with Crippen LogP contribution >= 0.6 is 11.8 Å². The van der Waals surface area contributed by atoms with Gasteiger partial charge in [0, 0.05) is 9.79 Å². The molecule has 0 saturated carbocycles. The summed E-state index contributed by atoms with van der Waals surface area (Å²) in [7, 11) is 0. The third-order valence-electron chi connectivity index (χ3n) is 3.04. The molecule has 0 unspecified atom stereocenters. The highest BCUT2D eigenvalue weighted by molar-refractivity contribution is 7.99. The highest BCUT2D eigenvalue weighted by Gasteiger charge is 1.97. The molecule has 0 aromatic heterocycles. The van der Waals surface area contributed by atoms with Gasteiger partial charge in [-0.15, -0.1) is 0 Å². The summed E-state index contributed by atoms with van der Waals surface area (Å²) in [6, 6.07) is 18.7. The maximum atomic E-state index is 3.47. The van der Waals surface area contributed by atoms with Gasteiger partial charge in [-0.05, 0) is 68.8 Å². The van der Waals surface area contributed by atoms with Crippen LogP contribution in [0.4, 0.5) is 0 Å². The van der Waals surface area contributed by atoms with Gasteiger partial charge in [-0.25, -0.2) is 0 Å². The summed E-state index contributed by atoms with van der Waals surface area (Å²) in [6.07, 6.45) is 8.99. The maximum absolute atomic E-state index is 3.47. The Morgan fingerprint density at radius 2 is 1.22 bits per heavy atom. The third-order valence-corrected chi connectivity index (χ3v) is 4.39. The zero-order chi connectivity index (χ0) is 20.9. The minimum absolute atomic E-state index is 1.11. The zero-order valence-corrected chi connectivity index (χ0v) is 20.1. The molecule has 0 spiro atoms. The lowest BCUT2D eigenvalue weighted by Crippen LogP contribution is -1.77. The fourth-order valence-corrected chi connectivity index (χ4v) is 2.87. The molecule has 2 aromatic rings. The Morgan fingerprint density at radius 1 is 0.704 bits per heavy atom. The fourth-order valence-electron chi connectivity index (χ4n) is 1.87. The second-order valence-electron chi connectivity index (χ2n) is 4.90. The van der Waals surface area contributed by atoms with Gasteiger partial charge in [0.05, 0.1) is 0 Å². The smallest absolute Gasteiger partial charge is 0.0901 e. The highest BCUT2D eigenvalue weighted by atomic mass is 32.2. The predicted molar refractivity (Wildman–Crippen MR) is 132 cm³/mol. The van der Waals surface area contributed by atoms with Crippen LogP contribution in [0.3, 0.4) is 0 Å². The summed E-state index contributed by atoms with van der Waals surface area (Å²) >= 11 is 5.24. The Labute approximate surface area is 178 Å². The predicted octanol–water partition coefficient (Wildman–Crippen LogP) is 8.57. The summed E-state index contributed by atoms with van der Waals surface area (Å²) in [5.41, 5.74) is 1.50. The minimum Gasteiger partial charge on any atom is -0.0901 e. The molecule has 1 aliphatic rings. The molecule has 3 rings (SSSR count). The molecular weight excluding hydrogens is 364 g/mol. The first-order chi connectivity index (χ1) is 13.2. The van der Waals surface area contributed by atoms with Crippen LogP contribution in [0.5, 0.6) is 0 Å². The van der Waals surface area contributed by atoms with E-state index in [-0.39, 0.29) is 0 Å². The first kappa shape index (κ1) is 27.8. The van der Waals surface area contributed by atoms with Crippen LogP contribution in [0.2, 0.25) is 0 Å². The van der Waals surface area contributed by atoms with Crippen molar-refractivity contribution in [2.75, 3.05) is 0 Å². The average molecular weight is 404 g/mol. The van der Waals surface area contributed by atoms with Gasteiger partial charge < -0.3 is 0 Å². The maximum Gasteiger partial charge on any atom is 0.150 e. The van der Waals surface area contributed by atoms with Gasteiger partial charge in [-0.1, -0.05) is 95.3 Å². The van der Waals surface area contributed by atoms with Gasteiger partial charge in [0.25, 0.3) is 0 Å². The quantitative estimate of drug-likeness (QED) is 0.357. The van der Waals surface area contributed by atoms with Crippen LogP contribution in [0, 0.1) is 0 Å². The molecule has 0 bridgehead atoms. The topological polar surface area (TPSA) is 0 Å². The molecule has 0 fully saturated rings. The second kappa shape index (κ2) is 20.9. The van der Waals surface area contributed by atoms with Crippen LogP contribution in [0.25, 0.3) is 0 Å². The van der Waals surface area contributed by atoms with Crippen LogP contribution < -0.4 is 0 Å². The van der Waals surface area contributed by atoms with Crippen molar-refractivity contribution in [2.45, 2.75) is 76.0 Å². The number of hydrogen-bond donors (Lipinski definition) is 0. The van der Waals surface area contributed by atoms with Gasteiger partial charge in [0.15, 0.2) is 0 Å². The van der Waals surface area contributed by atoms with Crippen molar-refractivity contribution in [1.82, 2.24) is 0 Å². The summed E-state index contributed by atoms with van der Waals surface area (Å²) in [4.78, 5) is 3.65. The molecule has 0 nitrogen and oxygen atoms in total. The first-order valence-electron chi connectivity index (χ1n) is 10.1. The average Bonchev–Trinajstić information content (AvgIpc) is 2.76. The van der Waals surface area contributed by atoms with E-state index in [2.05, 4.69) is 86.3 Å². The van der Waals surface area contributed by atoms with E-state index in [4.69, 9.17) is 0 Å². The molecular formula is C25H39S2+. The molecule has 0 radical (unpaired) electrons. The standard InChI is InChI=1S/C12H10S2.C7H10.3C2H6/c13-10-6-8-12(9-7-10)14-11-4-2-1-3-5-11;1-7-5-3-2-4-6-7;3*1-2/h1-9,13H;2-3,6H,4-5H2,1H3;3*1-2H3/p+1. The van der Waals surface area contributed by atoms with Crippen molar-refractivity contribution >= 4 is 24.4 Å². The number of benzene rings is 2. The van der Waals surface area contributed by atoms with Crippen LogP contribution in [-0.4, -0.2) is 0 Å². The Kier molecular flexibility index (Phi) is 21.6. The van der Waals surface area contributed by atoms with E-state index >= 15 is 0 Å². The van der Waals surface area contributed by atoms with Crippen LogP contribution in [0.1, 0.15) is 61.3 Å². The molecule has 1 aliphatic carbocycles. The van der Waals surface area contributed by atoms with Crippen molar-refractivity contribution in [3.05, 3.63) is 78.4 Å². The van der Waals surface area contributed by atoms with Crippen molar-refractivity contribution < 1.29 is 0 Å². The largest absolute Gasteiger partial charge is 0.150 e. The third kappa shape index (κ3) is 15.4. The van der Waals surface area contributed by atoms with Crippen molar-refractivity contribution in [2.24, 2.45) is 0 Å². The van der Waals surface area contributed by atoms with E-state index in [9.17, 15) is 0 Å². The lowest BCUT2D eigenvalue weighted by atomic mass is 10.1. The molecule has 0 N–H and O–H groups in total. The fraction of sp³-hybridized carbons (Fsp3) is 0.360. The molecule has 0 aliphatic heterocycles. The summed E-state index contributed by atoms with van der Waals surface area (Å²) < 4.78 is 0. The van der Waals surface area contributed by atoms with E-state index in [1.165, 1.54) is 21.8 Å². The van der Waals surface area contributed by atoms with E-state index in [0.29, 0.717) is 0 Å². The number of allylic oxidation sites excluding steroid dienone is 4. The Bertz CT molecular complexity index is 596. The van der Waals surface area contributed by atoms with E-state index in [1.807, 2.05) is 47.6 Å². The molecule has 2 heteroatoms. The van der Waals surface area contributed by atoms with Crippen molar-refractivity contribution in [3.63, 3.8) is 0 Å². The number of rotatable bonds is 2. The van der Waals surface area contributed by atoms with Crippen molar-refractivity contribution in [1.29, 1.82) is 0 Å². The summed E-state index contributed by atoms with van der Waals surface area (Å²) in [5, 5.41) is 0. The van der Waals surface area contributed by atoms with Crippen LogP contribution in [-0.2, 0) is 12.6 Å². The van der Waals surface area contributed by atoms with Gasteiger partial charge >= 0.3 is 0 Å². The Morgan fingerprint density at radius 3 is 1.63 bits per heavy atom. The van der Waals surface area contributed by atoms with Crippen molar-refractivity contribution in [3.8, 4) is 0 Å². The first-order valence-corrected chi connectivity index (χ1v) is 11.4. The van der Waals surface area contributed by atoms with E-state index in [0.717, 1.165) is 11.3 Å².